The number of hydrogen-bond acceptors (Lipinski definition) is 4. The first-order valence-corrected chi connectivity index (χ1v) is 8.70. The molecule has 0 unspecified atom stereocenters. The van der Waals surface area contributed by atoms with E-state index in [1.54, 1.807) is 18.3 Å². The molecule has 3 aromatic rings. The van der Waals surface area contributed by atoms with Crippen molar-refractivity contribution < 1.29 is 8.81 Å². The first kappa shape index (κ1) is 17.1. The standard InChI is InChI=1S/C18H16FN3O.C2H6/c19-13-5-3-6-14(11-13)22-10-4-8-17-16(12-22)21-18(23-17)15-7-1-2-9-20-15;1-2/h1-3,5-7,9,11H,4,8,10,12H2;1-2H3. The summed E-state index contributed by atoms with van der Waals surface area (Å²) in [7, 11) is 0. The van der Waals surface area contributed by atoms with Crippen LogP contribution in [0.5, 0.6) is 0 Å². The number of nitrogens with zero attached hydrogens (tertiary/aromatic N) is 3. The summed E-state index contributed by atoms with van der Waals surface area (Å²) in [6, 6.07) is 12.3. The molecule has 1 aliphatic rings. The predicted octanol–water partition coefficient (Wildman–Crippen LogP) is 4.85. The molecular formula is C20H22FN3O. The Bertz CT molecular complexity index is 817. The molecule has 0 N–H and O–H groups in total. The van der Waals surface area contributed by atoms with E-state index in [0.29, 0.717) is 12.4 Å². The summed E-state index contributed by atoms with van der Waals surface area (Å²) < 4.78 is 19.4. The quantitative estimate of drug-likeness (QED) is 0.669. The molecule has 0 bridgehead atoms. The largest absolute Gasteiger partial charge is 0.440 e. The average Bonchev–Trinajstić information content (AvgIpc) is 2.96. The Morgan fingerprint density at radius 3 is 2.76 bits per heavy atom. The van der Waals surface area contributed by atoms with Crippen LogP contribution in [0.15, 0.2) is 53.1 Å². The summed E-state index contributed by atoms with van der Waals surface area (Å²) in [6.07, 6.45) is 3.51. The van der Waals surface area contributed by atoms with Crippen LogP contribution in [-0.2, 0) is 13.0 Å². The molecule has 0 radical (unpaired) electrons. The fourth-order valence-corrected chi connectivity index (χ4v) is 2.88. The van der Waals surface area contributed by atoms with Crippen molar-refractivity contribution in [2.75, 3.05) is 11.4 Å². The zero-order valence-corrected chi connectivity index (χ0v) is 14.6. The summed E-state index contributed by atoms with van der Waals surface area (Å²) >= 11 is 0. The van der Waals surface area contributed by atoms with Crippen molar-refractivity contribution in [3.8, 4) is 11.6 Å². The van der Waals surface area contributed by atoms with Crippen LogP contribution in [0, 0.1) is 5.82 Å². The summed E-state index contributed by atoms with van der Waals surface area (Å²) in [5, 5.41) is 0. The lowest BCUT2D eigenvalue weighted by atomic mass is 10.2. The number of halogens is 1. The van der Waals surface area contributed by atoms with E-state index in [-0.39, 0.29) is 5.82 Å². The summed E-state index contributed by atoms with van der Waals surface area (Å²) in [4.78, 5) is 11.0. The number of benzene rings is 1. The maximum absolute atomic E-state index is 13.5. The summed E-state index contributed by atoms with van der Waals surface area (Å²) in [6.45, 7) is 5.48. The van der Waals surface area contributed by atoms with Gasteiger partial charge in [0.2, 0.25) is 5.89 Å². The molecule has 130 valence electrons. The van der Waals surface area contributed by atoms with E-state index in [9.17, 15) is 4.39 Å². The van der Waals surface area contributed by atoms with Crippen molar-refractivity contribution in [1.82, 2.24) is 9.97 Å². The minimum atomic E-state index is -0.221. The molecule has 1 aromatic carbocycles. The Hall–Kier alpha value is -2.69. The molecule has 5 heteroatoms. The third-order valence-electron chi connectivity index (χ3n) is 4.01. The van der Waals surface area contributed by atoms with Gasteiger partial charge in [0.25, 0.3) is 0 Å². The highest BCUT2D eigenvalue weighted by Gasteiger charge is 2.21. The predicted molar refractivity (Wildman–Crippen MR) is 96.9 cm³/mol. The lowest BCUT2D eigenvalue weighted by Gasteiger charge is -2.22. The molecule has 0 spiro atoms. The van der Waals surface area contributed by atoms with Crippen molar-refractivity contribution in [2.24, 2.45) is 0 Å². The number of anilines is 1. The average molecular weight is 339 g/mol. The minimum absolute atomic E-state index is 0.221. The van der Waals surface area contributed by atoms with E-state index in [4.69, 9.17) is 4.42 Å². The number of aromatic nitrogens is 2. The normalized spacial score (nSPS) is 13.5. The fraction of sp³-hybridized carbons (Fsp3) is 0.300. The van der Waals surface area contributed by atoms with Gasteiger partial charge in [0, 0.05) is 24.8 Å². The van der Waals surface area contributed by atoms with Crippen LogP contribution in [0.3, 0.4) is 0 Å². The van der Waals surface area contributed by atoms with Gasteiger partial charge in [-0.1, -0.05) is 26.0 Å². The Labute approximate surface area is 147 Å². The highest BCUT2D eigenvalue weighted by Crippen LogP contribution is 2.27. The van der Waals surface area contributed by atoms with Crippen molar-refractivity contribution >= 4 is 5.69 Å². The van der Waals surface area contributed by atoms with Gasteiger partial charge in [-0.25, -0.2) is 9.37 Å². The molecule has 0 amide bonds. The summed E-state index contributed by atoms with van der Waals surface area (Å²) in [5.74, 6) is 1.24. The van der Waals surface area contributed by atoms with Crippen LogP contribution in [0.4, 0.5) is 10.1 Å². The molecule has 0 saturated carbocycles. The molecule has 0 fully saturated rings. The van der Waals surface area contributed by atoms with Crippen molar-refractivity contribution in [2.45, 2.75) is 33.2 Å². The fourth-order valence-electron chi connectivity index (χ4n) is 2.88. The number of hydrogen-bond donors (Lipinski definition) is 0. The molecule has 25 heavy (non-hydrogen) atoms. The molecule has 4 rings (SSSR count). The van der Waals surface area contributed by atoms with Crippen molar-refractivity contribution in [1.29, 1.82) is 0 Å². The molecule has 0 atom stereocenters. The second-order valence-corrected chi connectivity index (χ2v) is 5.61. The van der Waals surface area contributed by atoms with Gasteiger partial charge in [0.1, 0.15) is 23.0 Å². The van der Waals surface area contributed by atoms with Crippen LogP contribution in [-0.4, -0.2) is 16.5 Å². The molecule has 4 nitrogen and oxygen atoms in total. The van der Waals surface area contributed by atoms with Gasteiger partial charge >= 0.3 is 0 Å². The number of fused-ring (bicyclic) bond motifs is 1. The van der Waals surface area contributed by atoms with E-state index in [2.05, 4.69) is 14.9 Å². The maximum atomic E-state index is 13.5. The van der Waals surface area contributed by atoms with E-state index >= 15 is 0 Å². The lowest BCUT2D eigenvalue weighted by molar-refractivity contribution is 0.511. The highest BCUT2D eigenvalue weighted by molar-refractivity contribution is 5.50. The molecule has 3 heterocycles. The minimum Gasteiger partial charge on any atom is -0.440 e. The molecule has 0 saturated heterocycles. The highest BCUT2D eigenvalue weighted by atomic mass is 19.1. The topological polar surface area (TPSA) is 42.2 Å². The molecular weight excluding hydrogens is 317 g/mol. The van der Waals surface area contributed by atoms with Gasteiger partial charge in [0.05, 0.1) is 6.54 Å². The van der Waals surface area contributed by atoms with Crippen LogP contribution >= 0.6 is 0 Å². The Balaban J connectivity index is 0.000000880. The zero-order valence-electron chi connectivity index (χ0n) is 14.6. The number of aryl methyl sites for hydroxylation is 1. The number of rotatable bonds is 2. The third kappa shape index (κ3) is 3.87. The second-order valence-electron chi connectivity index (χ2n) is 5.61. The van der Waals surface area contributed by atoms with Gasteiger partial charge in [-0.3, -0.25) is 4.98 Å². The lowest BCUT2D eigenvalue weighted by Crippen LogP contribution is -2.22. The Morgan fingerprint density at radius 1 is 1.12 bits per heavy atom. The zero-order chi connectivity index (χ0) is 17.6. The van der Waals surface area contributed by atoms with Crippen LogP contribution in [0.25, 0.3) is 11.6 Å². The molecule has 1 aliphatic heterocycles. The van der Waals surface area contributed by atoms with E-state index < -0.39 is 0 Å². The van der Waals surface area contributed by atoms with Crippen molar-refractivity contribution in [3.05, 3.63) is 65.9 Å². The van der Waals surface area contributed by atoms with Gasteiger partial charge < -0.3 is 9.32 Å². The second kappa shape index (κ2) is 7.92. The van der Waals surface area contributed by atoms with Crippen LogP contribution in [0.1, 0.15) is 31.7 Å². The Morgan fingerprint density at radius 2 is 2.00 bits per heavy atom. The smallest absolute Gasteiger partial charge is 0.245 e. The van der Waals surface area contributed by atoms with Crippen LogP contribution in [0.2, 0.25) is 0 Å². The molecule has 0 aliphatic carbocycles. The SMILES string of the molecule is CC.Fc1cccc(N2CCCc3oc(-c4ccccn4)nc3C2)c1. The first-order chi connectivity index (χ1) is 12.3. The summed E-state index contributed by atoms with van der Waals surface area (Å²) in [5.41, 5.74) is 2.52. The first-order valence-electron chi connectivity index (χ1n) is 8.70. The Kier molecular flexibility index (Phi) is 5.43. The van der Waals surface area contributed by atoms with E-state index in [1.807, 2.05) is 38.1 Å². The number of pyridine rings is 1. The van der Waals surface area contributed by atoms with E-state index in [1.165, 1.54) is 6.07 Å². The monoisotopic (exact) mass is 339 g/mol. The third-order valence-corrected chi connectivity index (χ3v) is 4.01. The molecule has 2 aromatic heterocycles. The van der Waals surface area contributed by atoms with E-state index in [0.717, 1.165) is 42.2 Å². The maximum Gasteiger partial charge on any atom is 0.245 e. The van der Waals surface area contributed by atoms with Gasteiger partial charge in [-0.05, 0) is 36.8 Å². The van der Waals surface area contributed by atoms with Crippen molar-refractivity contribution in [3.63, 3.8) is 0 Å². The number of oxazole rings is 1. The van der Waals surface area contributed by atoms with Gasteiger partial charge in [0.15, 0.2) is 0 Å². The van der Waals surface area contributed by atoms with Gasteiger partial charge in [-0.2, -0.15) is 0 Å². The van der Waals surface area contributed by atoms with Crippen LogP contribution < -0.4 is 4.90 Å². The van der Waals surface area contributed by atoms with Gasteiger partial charge in [-0.15, -0.1) is 0 Å².